The molecule has 0 aliphatic carbocycles. The number of aryl methyl sites for hydroxylation is 1. The molecule has 150 valence electrons. The van der Waals surface area contributed by atoms with Crippen molar-refractivity contribution in [3.63, 3.8) is 0 Å². The van der Waals surface area contributed by atoms with Gasteiger partial charge >= 0.3 is 0 Å². The molecule has 30 heavy (non-hydrogen) atoms. The van der Waals surface area contributed by atoms with Crippen LogP contribution in [0.5, 0.6) is 0 Å². The molecule has 2 aromatic carbocycles. The van der Waals surface area contributed by atoms with Crippen LogP contribution in [0.4, 0.5) is 0 Å². The summed E-state index contributed by atoms with van der Waals surface area (Å²) in [6.07, 6.45) is 8.27. The van der Waals surface area contributed by atoms with Gasteiger partial charge in [-0.05, 0) is 17.7 Å². The highest BCUT2D eigenvalue weighted by atomic mass is 16.2. The van der Waals surface area contributed by atoms with E-state index < -0.39 is 5.91 Å². The van der Waals surface area contributed by atoms with Crippen LogP contribution >= 0.6 is 0 Å². The normalized spacial score (nSPS) is 11.1. The molecule has 2 heterocycles. The zero-order valence-corrected chi connectivity index (χ0v) is 16.4. The Labute approximate surface area is 173 Å². The molecule has 0 saturated carbocycles. The highest BCUT2D eigenvalue weighted by Crippen LogP contribution is 2.19. The fourth-order valence-corrected chi connectivity index (χ4v) is 3.24. The Morgan fingerprint density at radius 2 is 1.77 bits per heavy atom. The van der Waals surface area contributed by atoms with Crippen molar-refractivity contribution < 1.29 is 9.59 Å². The molecule has 4 rings (SSSR count). The average Bonchev–Trinajstić information content (AvgIpc) is 3.36. The molecule has 2 amide bonds. The minimum absolute atomic E-state index is 0.371. The van der Waals surface area contributed by atoms with Crippen molar-refractivity contribution in [3.8, 4) is 0 Å². The number of fused-ring (bicyclic) bond motifs is 1. The molecule has 7 nitrogen and oxygen atoms in total. The zero-order valence-electron chi connectivity index (χ0n) is 16.4. The van der Waals surface area contributed by atoms with Gasteiger partial charge in [0.1, 0.15) is 0 Å². The lowest BCUT2D eigenvalue weighted by molar-refractivity contribution is -0.117. The number of amides is 2. The minimum Gasteiger partial charge on any atom is -0.350 e. The maximum absolute atomic E-state index is 12.5. The smallest absolute Gasteiger partial charge is 0.271 e. The third-order valence-electron chi connectivity index (χ3n) is 4.71. The van der Waals surface area contributed by atoms with E-state index in [0.717, 1.165) is 22.0 Å². The Morgan fingerprint density at radius 3 is 2.60 bits per heavy atom. The van der Waals surface area contributed by atoms with Gasteiger partial charge < -0.3 is 4.57 Å². The van der Waals surface area contributed by atoms with Gasteiger partial charge in [0.15, 0.2) is 0 Å². The maximum atomic E-state index is 12.5. The summed E-state index contributed by atoms with van der Waals surface area (Å²) in [5, 5.41) is 5.12. The molecular formula is C23H21N5O2. The third kappa shape index (κ3) is 4.30. The monoisotopic (exact) mass is 399 g/mol. The number of para-hydroxylation sites is 1. The summed E-state index contributed by atoms with van der Waals surface area (Å²) in [7, 11) is 1.87. The average molecular weight is 399 g/mol. The van der Waals surface area contributed by atoms with Gasteiger partial charge in [-0.2, -0.15) is 5.10 Å². The number of carbonyl (C=O) groups excluding carboxylic acids is 2. The lowest BCUT2D eigenvalue weighted by atomic mass is 10.2. The number of hydrogen-bond donors (Lipinski definition) is 2. The molecular weight excluding hydrogens is 378 g/mol. The summed E-state index contributed by atoms with van der Waals surface area (Å²) in [6.45, 7) is 0.655. The van der Waals surface area contributed by atoms with Crippen molar-refractivity contribution >= 4 is 28.8 Å². The topological polar surface area (TPSA) is 81.0 Å². The van der Waals surface area contributed by atoms with Gasteiger partial charge in [-0.3, -0.25) is 25.1 Å². The second kappa shape index (κ2) is 8.48. The van der Waals surface area contributed by atoms with E-state index in [-0.39, 0.29) is 5.91 Å². The van der Waals surface area contributed by atoms with E-state index in [4.69, 9.17) is 0 Å². The number of rotatable bonds is 5. The molecule has 0 fully saturated rings. The van der Waals surface area contributed by atoms with Crippen LogP contribution in [0, 0.1) is 0 Å². The van der Waals surface area contributed by atoms with E-state index in [1.807, 2.05) is 72.4 Å². The number of hydrazine groups is 1. The third-order valence-corrected chi connectivity index (χ3v) is 4.71. The second-order valence-corrected chi connectivity index (χ2v) is 6.90. The Morgan fingerprint density at radius 1 is 1.00 bits per heavy atom. The molecule has 2 N–H and O–H groups in total. The van der Waals surface area contributed by atoms with E-state index in [1.54, 1.807) is 23.2 Å². The predicted molar refractivity (Wildman–Crippen MR) is 115 cm³/mol. The number of nitrogens with zero attached hydrogens (tertiary/aromatic N) is 3. The first-order valence-corrected chi connectivity index (χ1v) is 9.49. The molecule has 0 saturated heterocycles. The fraction of sp³-hybridized carbons (Fsp3) is 0.0870. The predicted octanol–water partition coefficient (Wildman–Crippen LogP) is 2.90. The fourth-order valence-electron chi connectivity index (χ4n) is 3.24. The Balaban J connectivity index is 1.33. The van der Waals surface area contributed by atoms with Gasteiger partial charge in [-0.15, -0.1) is 0 Å². The molecule has 0 aliphatic heterocycles. The summed E-state index contributed by atoms with van der Waals surface area (Å²) < 4.78 is 3.67. The highest BCUT2D eigenvalue weighted by Gasteiger charge is 2.13. The van der Waals surface area contributed by atoms with Crippen molar-refractivity contribution in [1.82, 2.24) is 25.2 Å². The Bertz CT molecular complexity index is 1220. The summed E-state index contributed by atoms with van der Waals surface area (Å²) in [4.78, 5) is 24.5. The standard InChI is InChI=1S/C23H21N5O2/c1-27-16-20(19-9-5-6-10-21(19)27)23(30)26-25-22(29)12-11-18-13-24-28(15-18)14-17-7-3-2-4-8-17/h2-13,15-16H,14H2,1H3,(H,25,29)(H,26,30)/b12-11+. The van der Waals surface area contributed by atoms with Crippen LogP contribution < -0.4 is 10.9 Å². The highest BCUT2D eigenvalue weighted by molar-refractivity contribution is 6.07. The summed E-state index contributed by atoms with van der Waals surface area (Å²) in [6, 6.07) is 17.6. The molecule has 2 aromatic heterocycles. The van der Waals surface area contributed by atoms with Crippen molar-refractivity contribution in [2.75, 3.05) is 0 Å². The number of nitrogens with one attached hydrogen (secondary N) is 2. The SMILES string of the molecule is Cn1cc(C(=O)NNC(=O)/C=C/c2cnn(Cc3ccccc3)c2)c2ccccc21. The molecule has 0 atom stereocenters. The largest absolute Gasteiger partial charge is 0.350 e. The van der Waals surface area contributed by atoms with Crippen LogP contribution in [-0.4, -0.2) is 26.2 Å². The van der Waals surface area contributed by atoms with Crippen molar-refractivity contribution in [3.05, 3.63) is 96.0 Å². The van der Waals surface area contributed by atoms with E-state index in [9.17, 15) is 9.59 Å². The van der Waals surface area contributed by atoms with Gasteiger partial charge in [0, 0.05) is 42.0 Å². The first kappa shape index (κ1) is 19.2. The maximum Gasteiger partial charge on any atom is 0.271 e. The Hall–Kier alpha value is -4.13. The molecule has 0 bridgehead atoms. The van der Waals surface area contributed by atoms with Crippen LogP contribution in [0.25, 0.3) is 17.0 Å². The number of aromatic nitrogens is 3. The van der Waals surface area contributed by atoms with Crippen LogP contribution in [0.3, 0.4) is 0 Å². The van der Waals surface area contributed by atoms with Crippen molar-refractivity contribution in [2.24, 2.45) is 7.05 Å². The molecule has 0 radical (unpaired) electrons. The lowest BCUT2D eigenvalue weighted by Gasteiger charge is -2.04. The van der Waals surface area contributed by atoms with Crippen molar-refractivity contribution in [1.29, 1.82) is 0 Å². The van der Waals surface area contributed by atoms with Gasteiger partial charge in [0.25, 0.3) is 11.8 Å². The van der Waals surface area contributed by atoms with Crippen LogP contribution in [-0.2, 0) is 18.4 Å². The summed E-state index contributed by atoms with van der Waals surface area (Å²) >= 11 is 0. The van der Waals surface area contributed by atoms with Gasteiger partial charge in [0.05, 0.1) is 18.3 Å². The molecule has 7 heteroatoms. The number of hydrogen-bond acceptors (Lipinski definition) is 3. The first-order chi connectivity index (χ1) is 14.6. The summed E-state index contributed by atoms with van der Waals surface area (Å²) in [5.74, 6) is -0.802. The number of carbonyl (C=O) groups is 2. The Kier molecular flexibility index (Phi) is 5.43. The molecule has 0 unspecified atom stereocenters. The van der Waals surface area contributed by atoms with Crippen LogP contribution in [0.15, 0.2) is 79.3 Å². The number of benzene rings is 2. The molecule has 4 aromatic rings. The van der Waals surface area contributed by atoms with E-state index in [1.165, 1.54) is 6.08 Å². The first-order valence-electron chi connectivity index (χ1n) is 9.49. The minimum atomic E-state index is -0.431. The van der Waals surface area contributed by atoms with Gasteiger partial charge in [-0.1, -0.05) is 48.5 Å². The van der Waals surface area contributed by atoms with Crippen molar-refractivity contribution in [2.45, 2.75) is 6.54 Å². The van der Waals surface area contributed by atoms with Gasteiger partial charge in [0.2, 0.25) is 0 Å². The van der Waals surface area contributed by atoms with E-state index >= 15 is 0 Å². The van der Waals surface area contributed by atoms with Crippen LogP contribution in [0.1, 0.15) is 21.5 Å². The lowest BCUT2D eigenvalue weighted by Crippen LogP contribution is -2.40. The molecule has 0 spiro atoms. The van der Waals surface area contributed by atoms with Crippen LogP contribution in [0.2, 0.25) is 0 Å². The summed E-state index contributed by atoms with van der Waals surface area (Å²) in [5.41, 5.74) is 8.25. The van der Waals surface area contributed by atoms with E-state index in [2.05, 4.69) is 16.0 Å². The second-order valence-electron chi connectivity index (χ2n) is 6.90. The molecule has 0 aliphatic rings. The van der Waals surface area contributed by atoms with Gasteiger partial charge in [-0.25, -0.2) is 0 Å². The van der Waals surface area contributed by atoms with E-state index in [0.29, 0.717) is 12.1 Å². The quantitative estimate of drug-likeness (QED) is 0.400. The zero-order chi connectivity index (χ0) is 20.9.